The molecule has 0 aliphatic carbocycles. The van der Waals surface area contributed by atoms with Crippen LogP contribution in [-0.4, -0.2) is 35.1 Å². The quantitative estimate of drug-likeness (QED) is 0.607. The minimum Gasteiger partial charge on any atom is -0.466 e. The van der Waals surface area contributed by atoms with E-state index >= 15 is 0 Å². The fourth-order valence-electron chi connectivity index (χ4n) is 3.12. The molecule has 0 atom stereocenters. The van der Waals surface area contributed by atoms with Gasteiger partial charge in [0.1, 0.15) is 11.5 Å². The van der Waals surface area contributed by atoms with Crippen molar-refractivity contribution in [2.24, 2.45) is 0 Å². The third-order valence-corrected chi connectivity index (χ3v) is 4.51. The number of fused-ring (bicyclic) bond motifs is 1. The predicted octanol–water partition coefficient (Wildman–Crippen LogP) is 2.04. The second kappa shape index (κ2) is 7.67. The highest BCUT2D eigenvalue weighted by atomic mass is 16.3. The van der Waals surface area contributed by atoms with E-state index in [9.17, 15) is 19.2 Å². The molecule has 0 saturated carbocycles. The molecule has 1 aromatic carbocycles. The van der Waals surface area contributed by atoms with Crippen LogP contribution in [0.1, 0.15) is 61.0 Å². The standard InChI is InChI=1S/C20H21N3O5/c1-11-6-7-14-16(9-11)20(27)23(19(14)26)8-4-5-17(24)21-22-18(25)15-10-12(2)28-13(15)3/h6-7,9-10H,4-5,8H2,1-3H3,(H,21,24)(H,22,25). The van der Waals surface area contributed by atoms with Crippen LogP contribution < -0.4 is 10.9 Å². The van der Waals surface area contributed by atoms with E-state index in [4.69, 9.17) is 4.42 Å². The van der Waals surface area contributed by atoms with Gasteiger partial charge in [0.2, 0.25) is 5.91 Å². The highest BCUT2D eigenvalue weighted by Gasteiger charge is 2.34. The molecule has 0 radical (unpaired) electrons. The van der Waals surface area contributed by atoms with Crippen LogP contribution in [-0.2, 0) is 4.79 Å². The Labute approximate surface area is 161 Å². The summed E-state index contributed by atoms with van der Waals surface area (Å²) < 4.78 is 5.28. The van der Waals surface area contributed by atoms with Gasteiger partial charge in [-0.25, -0.2) is 0 Å². The molecule has 0 bridgehead atoms. The summed E-state index contributed by atoms with van der Waals surface area (Å²) in [6.07, 6.45) is 0.339. The van der Waals surface area contributed by atoms with Gasteiger partial charge in [0, 0.05) is 13.0 Å². The molecule has 2 N–H and O–H groups in total. The number of nitrogens with zero attached hydrogens (tertiary/aromatic N) is 1. The van der Waals surface area contributed by atoms with Gasteiger partial charge in [0.25, 0.3) is 17.7 Å². The van der Waals surface area contributed by atoms with Gasteiger partial charge in [-0.2, -0.15) is 0 Å². The molecular formula is C20H21N3O5. The van der Waals surface area contributed by atoms with Crippen LogP contribution >= 0.6 is 0 Å². The molecule has 1 aliphatic heterocycles. The summed E-state index contributed by atoms with van der Waals surface area (Å²) in [7, 11) is 0. The number of hydrogen-bond acceptors (Lipinski definition) is 5. The molecule has 2 heterocycles. The summed E-state index contributed by atoms with van der Waals surface area (Å²) >= 11 is 0. The smallest absolute Gasteiger partial charge is 0.273 e. The lowest BCUT2D eigenvalue weighted by molar-refractivity contribution is -0.122. The van der Waals surface area contributed by atoms with Crippen LogP contribution in [0.4, 0.5) is 0 Å². The number of hydrogen-bond donors (Lipinski definition) is 2. The summed E-state index contributed by atoms with van der Waals surface area (Å²) in [5, 5.41) is 0. The van der Waals surface area contributed by atoms with E-state index in [1.807, 2.05) is 6.92 Å². The van der Waals surface area contributed by atoms with Crippen molar-refractivity contribution in [1.82, 2.24) is 15.8 Å². The maximum atomic E-state index is 12.4. The Hall–Kier alpha value is -3.42. The van der Waals surface area contributed by atoms with Gasteiger partial charge in [0.15, 0.2) is 0 Å². The van der Waals surface area contributed by atoms with Crippen molar-refractivity contribution in [3.05, 3.63) is 58.0 Å². The molecule has 0 fully saturated rings. The zero-order valence-electron chi connectivity index (χ0n) is 15.9. The van der Waals surface area contributed by atoms with E-state index in [-0.39, 0.29) is 31.2 Å². The zero-order valence-corrected chi connectivity index (χ0v) is 15.9. The first kappa shape index (κ1) is 19.3. The number of imide groups is 1. The van der Waals surface area contributed by atoms with E-state index in [2.05, 4.69) is 10.9 Å². The summed E-state index contributed by atoms with van der Waals surface area (Å²) in [4.78, 5) is 49.8. The second-order valence-electron chi connectivity index (χ2n) is 6.74. The first-order chi connectivity index (χ1) is 13.3. The molecule has 0 spiro atoms. The van der Waals surface area contributed by atoms with Gasteiger partial charge in [-0.15, -0.1) is 0 Å². The number of furan rings is 1. The maximum absolute atomic E-state index is 12.4. The number of hydrazine groups is 1. The molecule has 3 rings (SSSR count). The van der Waals surface area contributed by atoms with Crippen molar-refractivity contribution < 1.29 is 23.6 Å². The Morgan fingerprint density at radius 3 is 2.39 bits per heavy atom. The Morgan fingerprint density at radius 1 is 1.00 bits per heavy atom. The number of benzene rings is 1. The zero-order chi connectivity index (χ0) is 20.4. The van der Waals surface area contributed by atoms with Gasteiger partial charge in [-0.3, -0.25) is 34.9 Å². The maximum Gasteiger partial charge on any atom is 0.273 e. The predicted molar refractivity (Wildman–Crippen MR) is 99.6 cm³/mol. The molecule has 1 aromatic heterocycles. The molecule has 8 heteroatoms. The van der Waals surface area contributed by atoms with E-state index < -0.39 is 11.8 Å². The highest BCUT2D eigenvalue weighted by molar-refractivity contribution is 6.21. The van der Waals surface area contributed by atoms with Crippen LogP contribution in [0.5, 0.6) is 0 Å². The van der Waals surface area contributed by atoms with E-state index in [0.29, 0.717) is 28.2 Å². The lowest BCUT2D eigenvalue weighted by atomic mass is 10.1. The normalized spacial score (nSPS) is 12.9. The van der Waals surface area contributed by atoms with Gasteiger partial charge in [-0.1, -0.05) is 11.6 Å². The highest BCUT2D eigenvalue weighted by Crippen LogP contribution is 2.24. The fraction of sp³-hybridized carbons (Fsp3) is 0.300. The summed E-state index contributed by atoms with van der Waals surface area (Å²) in [6.45, 7) is 5.37. The van der Waals surface area contributed by atoms with Crippen LogP contribution in [0.15, 0.2) is 28.7 Å². The van der Waals surface area contributed by atoms with Gasteiger partial charge < -0.3 is 4.42 Å². The number of nitrogens with one attached hydrogen (secondary N) is 2. The number of rotatable bonds is 5. The van der Waals surface area contributed by atoms with Crippen molar-refractivity contribution >= 4 is 23.6 Å². The number of aryl methyl sites for hydroxylation is 3. The molecule has 28 heavy (non-hydrogen) atoms. The number of carbonyl (C=O) groups excluding carboxylic acids is 4. The molecule has 2 aromatic rings. The van der Waals surface area contributed by atoms with E-state index in [1.54, 1.807) is 38.1 Å². The number of carbonyl (C=O) groups is 4. The SMILES string of the molecule is Cc1ccc2c(c1)C(=O)N(CCCC(=O)NNC(=O)c1cc(C)oc1C)C2=O. The Kier molecular flexibility index (Phi) is 5.30. The Morgan fingerprint density at radius 2 is 1.71 bits per heavy atom. The van der Waals surface area contributed by atoms with Crippen LogP contribution in [0.2, 0.25) is 0 Å². The fourth-order valence-corrected chi connectivity index (χ4v) is 3.12. The van der Waals surface area contributed by atoms with E-state index in [1.165, 1.54) is 0 Å². The van der Waals surface area contributed by atoms with Crippen LogP contribution in [0, 0.1) is 20.8 Å². The average molecular weight is 383 g/mol. The van der Waals surface area contributed by atoms with Gasteiger partial charge in [0.05, 0.1) is 16.7 Å². The third kappa shape index (κ3) is 3.80. The molecule has 1 aliphatic rings. The van der Waals surface area contributed by atoms with Gasteiger partial charge in [-0.05, 0) is 45.4 Å². The first-order valence-corrected chi connectivity index (χ1v) is 8.91. The topological polar surface area (TPSA) is 109 Å². The average Bonchev–Trinajstić information content (AvgIpc) is 3.10. The lowest BCUT2D eigenvalue weighted by Crippen LogP contribution is -2.42. The van der Waals surface area contributed by atoms with Crippen molar-refractivity contribution in [2.75, 3.05) is 6.54 Å². The minimum atomic E-state index is -0.474. The van der Waals surface area contributed by atoms with Gasteiger partial charge >= 0.3 is 0 Å². The Balaban J connectivity index is 1.47. The molecule has 146 valence electrons. The monoisotopic (exact) mass is 383 g/mol. The lowest BCUT2D eigenvalue weighted by Gasteiger charge is -2.13. The first-order valence-electron chi connectivity index (χ1n) is 8.91. The summed E-state index contributed by atoms with van der Waals surface area (Å²) in [5.74, 6) is -0.518. The molecule has 0 saturated heterocycles. The van der Waals surface area contributed by atoms with Crippen molar-refractivity contribution in [2.45, 2.75) is 33.6 Å². The van der Waals surface area contributed by atoms with E-state index in [0.717, 1.165) is 10.5 Å². The largest absolute Gasteiger partial charge is 0.466 e. The molecule has 0 unspecified atom stereocenters. The van der Waals surface area contributed by atoms with Crippen molar-refractivity contribution in [3.8, 4) is 0 Å². The van der Waals surface area contributed by atoms with Crippen molar-refractivity contribution in [3.63, 3.8) is 0 Å². The number of amides is 4. The third-order valence-electron chi connectivity index (χ3n) is 4.51. The summed E-state index contributed by atoms with van der Waals surface area (Å²) in [5.41, 5.74) is 6.68. The molecular weight excluding hydrogens is 362 g/mol. The minimum absolute atomic E-state index is 0.0517. The van der Waals surface area contributed by atoms with Crippen molar-refractivity contribution in [1.29, 1.82) is 0 Å². The molecule has 8 nitrogen and oxygen atoms in total. The molecule has 4 amide bonds. The van der Waals surface area contributed by atoms with Crippen LogP contribution in [0.3, 0.4) is 0 Å². The second-order valence-corrected chi connectivity index (χ2v) is 6.74. The van der Waals surface area contributed by atoms with Crippen LogP contribution in [0.25, 0.3) is 0 Å². The Bertz CT molecular complexity index is 976. The summed E-state index contributed by atoms with van der Waals surface area (Å²) in [6, 6.07) is 6.71.